The molecule has 2 aromatic rings. The molecule has 0 aliphatic rings. The smallest absolute Gasteiger partial charge is 0.321 e. The Balaban J connectivity index is 2.13. The van der Waals surface area contributed by atoms with Crippen LogP contribution in [0.1, 0.15) is 6.92 Å². The molecule has 3 amide bonds. The maximum atomic E-state index is 11.7. The van der Waals surface area contributed by atoms with Gasteiger partial charge in [-0.25, -0.2) is 4.79 Å². The molecule has 22 heavy (non-hydrogen) atoms. The fraction of sp³-hybridized carbons (Fsp3) is 0.167. The molecule has 0 atom stereocenters. The van der Waals surface area contributed by atoms with Gasteiger partial charge in [-0.1, -0.05) is 15.7 Å². The number of hydrogen-bond donors (Lipinski definition) is 2. The third-order valence-corrected chi connectivity index (χ3v) is 3.12. The van der Waals surface area contributed by atoms with E-state index in [9.17, 15) is 9.59 Å². The van der Waals surface area contributed by atoms with Gasteiger partial charge in [0.1, 0.15) is 16.3 Å². The number of nitrogens with zero attached hydrogens (tertiary/aromatic N) is 4. The third kappa shape index (κ3) is 3.53. The van der Waals surface area contributed by atoms with Gasteiger partial charge in [-0.05, 0) is 30.6 Å². The van der Waals surface area contributed by atoms with Crippen molar-refractivity contribution in [3.63, 3.8) is 0 Å². The summed E-state index contributed by atoms with van der Waals surface area (Å²) in [5, 5.41) is 20.6. The number of urea groups is 1. The van der Waals surface area contributed by atoms with Gasteiger partial charge in [-0.2, -0.15) is 5.26 Å². The zero-order valence-electron chi connectivity index (χ0n) is 11.4. The summed E-state index contributed by atoms with van der Waals surface area (Å²) in [6.45, 7) is 2.03. The van der Waals surface area contributed by atoms with Crippen LogP contribution in [0.4, 0.5) is 4.79 Å². The summed E-state index contributed by atoms with van der Waals surface area (Å²) in [5.41, 5.74) is 0.0312. The zero-order chi connectivity index (χ0) is 15.9. The predicted octanol–water partition coefficient (Wildman–Crippen LogP) is 0.795. The lowest BCUT2D eigenvalue weighted by Crippen LogP contribution is -2.42. The molecule has 0 bridgehead atoms. The molecule has 0 unspecified atom stereocenters. The Bertz CT molecular complexity index is 779. The molecule has 0 aliphatic carbocycles. The van der Waals surface area contributed by atoms with Crippen LogP contribution in [-0.2, 0) is 4.79 Å². The van der Waals surface area contributed by atoms with Crippen molar-refractivity contribution in [2.75, 3.05) is 6.54 Å². The normalized spacial score (nSPS) is 10.8. The molecule has 1 heterocycles. The summed E-state index contributed by atoms with van der Waals surface area (Å²) < 4.78 is 4.40. The summed E-state index contributed by atoms with van der Waals surface area (Å²) in [6.07, 6.45) is 0. The number of amides is 3. The summed E-state index contributed by atoms with van der Waals surface area (Å²) in [6, 6.07) is 5.86. The molecule has 2 rings (SSSR count). The largest absolute Gasteiger partial charge is 0.354 e. The molecule has 0 radical (unpaired) electrons. The van der Waals surface area contributed by atoms with Gasteiger partial charge in [0.2, 0.25) is 5.71 Å². The Morgan fingerprint density at radius 2 is 2.32 bits per heavy atom. The van der Waals surface area contributed by atoms with Gasteiger partial charge < -0.3 is 10.2 Å². The van der Waals surface area contributed by atoms with Gasteiger partial charge in [-0.15, -0.1) is 5.10 Å². The molecule has 1 aromatic heterocycles. The first-order valence-electron chi connectivity index (χ1n) is 6.11. The molecule has 0 saturated carbocycles. The molecule has 2 N–H and O–H groups in total. The van der Waals surface area contributed by atoms with Crippen molar-refractivity contribution in [3.05, 3.63) is 18.2 Å². The van der Waals surface area contributed by atoms with Crippen LogP contribution in [0.3, 0.4) is 0 Å². The lowest BCUT2D eigenvalue weighted by Gasteiger charge is -2.03. The zero-order valence-corrected chi connectivity index (χ0v) is 12.2. The number of oxime groups is 1. The first-order valence-corrected chi connectivity index (χ1v) is 6.88. The van der Waals surface area contributed by atoms with E-state index in [1.807, 2.05) is 5.32 Å². The number of nitrogens with one attached hydrogen (secondary N) is 2. The molecule has 1 aromatic carbocycles. The van der Waals surface area contributed by atoms with Gasteiger partial charge >= 0.3 is 6.03 Å². The van der Waals surface area contributed by atoms with Crippen LogP contribution in [0.5, 0.6) is 5.75 Å². The van der Waals surface area contributed by atoms with Crippen molar-refractivity contribution in [1.82, 2.24) is 20.2 Å². The Morgan fingerprint density at radius 1 is 1.50 bits per heavy atom. The highest BCUT2D eigenvalue weighted by Crippen LogP contribution is 2.27. The number of aromatic nitrogens is 2. The van der Waals surface area contributed by atoms with E-state index in [2.05, 4.69) is 20.1 Å². The van der Waals surface area contributed by atoms with E-state index in [0.717, 1.165) is 11.5 Å². The second kappa shape index (κ2) is 7.09. The number of fused-ring (bicyclic) bond motifs is 1. The van der Waals surface area contributed by atoms with Crippen LogP contribution in [0, 0.1) is 11.3 Å². The Kier molecular flexibility index (Phi) is 4.94. The second-order valence-corrected chi connectivity index (χ2v) is 4.59. The van der Waals surface area contributed by atoms with Gasteiger partial charge in [0.05, 0.1) is 0 Å². The van der Waals surface area contributed by atoms with E-state index < -0.39 is 17.6 Å². The van der Waals surface area contributed by atoms with Gasteiger partial charge in [0, 0.05) is 6.54 Å². The van der Waals surface area contributed by atoms with Crippen molar-refractivity contribution in [2.24, 2.45) is 5.16 Å². The number of benzene rings is 1. The lowest BCUT2D eigenvalue weighted by molar-refractivity contribution is -0.113. The molecule has 0 spiro atoms. The van der Waals surface area contributed by atoms with Crippen molar-refractivity contribution in [1.29, 1.82) is 5.26 Å². The SMILES string of the molecule is CCNC(=O)NC(=O)C(C#N)=NOc1cccc2nnsc12. The minimum atomic E-state index is -0.956. The predicted molar refractivity (Wildman–Crippen MR) is 78.3 cm³/mol. The van der Waals surface area contributed by atoms with Crippen LogP contribution < -0.4 is 15.5 Å². The summed E-state index contributed by atoms with van der Waals surface area (Å²) in [4.78, 5) is 28.0. The number of rotatable bonds is 4. The van der Waals surface area contributed by atoms with E-state index in [-0.39, 0.29) is 0 Å². The van der Waals surface area contributed by atoms with Crippen molar-refractivity contribution in [3.8, 4) is 11.8 Å². The monoisotopic (exact) mass is 318 g/mol. The number of nitriles is 1. The van der Waals surface area contributed by atoms with Crippen LogP contribution in [0.15, 0.2) is 23.4 Å². The van der Waals surface area contributed by atoms with Crippen molar-refractivity contribution < 1.29 is 14.4 Å². The van der Waals surface area contributed by atoms with Gasteiger partial charge in [0.25, 0.3) is 5.91 Å². The molecular weight excluding hydrogens is 308 g/mol. The Labute approximate surface area is 128 Å². The molecule has 10 heteroatoms. The Hall–Kier alpha value is -3.06. The average molecular weight is 318 g/mol. The third-order valence-electron chi connectivity index (χ3n) is 2.36. The maximum absolute atomic E-state index is 11.7. The highest BCUT2D eigenvalue weighted by molar-refractivity contribution is 7.13. The first-order chi connectivity index (χ1) is 10.7. The average Bonchev–Trinajstić information content (AvgIpc) is 2.97. The topological polar surface area (TPSA) is 129 Å². The highest BCUT2D eigenvalue weighted by Gasteiger charge is 2.15. The molecule has 0 saturated heterocycles. The molecule has 9 nitrogen and oxygen atoms in total. The number of carbonyl (C=O) groups is 2. The van der Waals surface area contributed by atoms with Crippen LogP contribution in [-0.4, -0.2) is 33.8 Å². The van der Waals surface area contributed by atoms with E-state index in [4.69, 9.17) is 10.1 Å². The lowest BCUT2D eigenvalue weighted by atomic mass is 10.3. The highest BCUT2D eigenvalue weighted by atomic mass is 32.1. The van der Waals surface area contributed by atoms with E-state index in [1.165, 1.54) is 0 Å². The van der Waals surface area contributed by atoms with Crippen LogP contribution in [0.2, 0.25) is 0 Å². The van der Waals surface area contributed by atoms with E-state index in [1.54, 1.807) is 31.2 Å². The minimum Gasteiger partial charge on any atom is -0.354 e. The number of imide groups is 1. The maximum Gasteiger partial charge on any atom is 0.321 e. The summed E-state index contributed by atoms with van der Waals surface area (Å²) >= 11 is 1.10. The van der Waals surface area contributed by atoms with Crippen LogP contribution in [0.25, 0.3) is 10.2 Å². The second-order valence-electron chi connectivity index (χ2n) is 3.83. The molecule has 0 aliphatic heterocycles. The summed E-state index contributed by atoms with van der Waals surface area (Å²) in [7, 11) is 0. The van der Waals surface area contributed by atoms with Gasteiger partial charge in [-0.3, -0.25) is 10.1 Å². The standard InChI is InChI=1S/C12H10N6O3S/c1-2-14-12(20)15-11(19)8(6-13)17-21-9-5-3-4-7-10(9)22-18-16-7/h3-5H,2H2,1H3,(H2,14,15,19,20). The van der Waals surface area contributed by atoms with Crippen LogP contribution >= 0.6 is 11.5 Å². The Morgan fingerprint density at radius 3 is 3.05 bits per heavy atom. The van der Waals surface area contributed by atoms with Crippen molar-refractivity contribution >= 4 is 39.4 Å². The minimum absolute atomic E-state index is 0.311. The first kappa shape index (κ1) is 15.3. The van der Waals surface area contributed by atoms with E-state index in [0.29, 0.717) is 22.5 Å². The molecule has 112 valence electrons. The fourth-order valence-electron chi connectivity index (χ4n) is 1.43. The van der Waals surface area contributed by atoms with E-state index >= 15 is 0 Å². The number of carbonyl (C=O) groups excluding carboxylic acids is 2. The summed E-state index contributed by atoms with van der Waals surface area (Å²) in [5.74, 6) is -0.644. The van der Waals surface area contributed by atoms with Gasteiger partial charge in [0.15, 0.2) is 5.75 Å². The molecule has 0 fully saturated rings. The quantitative estimate of drug-likeness (QED) is 0.633. The molecular formula is C12H10N6O3S. The number of hydrogen-bond acceptors (Lipinski definition) is 8. The fourth-order valence-corrected chi connectivity index (χ4v) is 2.03. The van der Waals surface area contributed by atoms with Crippen molar-refractivity contribution in [2.45, 2.75) is 6.92 Å².